The fourth-order valence-electron chi connectivity index (χ4n) is 1.44. The van der Waals surface area contributed by atoms with E-state index in [0.717, 1.165) is 0 Å². The maximum atomic E-state index is 11.4. The largest absolute Gasteiger partial charge is 1.00 e. The van der Waals surface area contributed by atoms with E-state index in [-0.39, 0.29) is 42.1 Å². The number of hydrogen-bond donors (Lipinski definition) is 3. The van der Waals surface area contributed by atoms with E-state index >= 15 is 0 Å². The second kappa shape index (κ2) is 4.65. The summed E-state index contributed by atoms with van der Waals surface area (Å²) in [5, 5.41) is 8.20. The van der Waals surface area contributed by atoms with Crippen molar-refractivity contribution in [1.82, 2.24) is 10.2 Å². The molecular weight excluding hydrogens is 205 g/mol. The van der Waals surface area contributed by atoms with Crippen molar-refractivity contribution in [2.75, 3.05) is 12.4 Å². The van der Waals surface area contributed by atoms with Crippen LogP contribution >= 0.6 is 0 Å². The number of anilines is 1. The molecule has 5 nitrogen and oxygen atoms in total. The molecular formula is C9H10N3NaO2. The van der Waals surface area contributed by atoms with Crippen molar-refractivity contribution < 1.29 is 31.0 Å². The van der Waals surface area contributed by atoms with Crippen LogP contribution in [-0.2, 0) is 0 Å². The van der Waals surface area contributed by atoms with Gasteiger partial charge in [0, 0.05) is 12.7 Å². The molecule has 0 aliphatic carbocycles. The zero-order valence-electron chi connectivity index (χ0n) is 9.55. The van der Waals surface area contributed by atoms with Crippen molar-refractivity contribution in [3.05, 3.63) is 38.9 Å². The Kier molecular flexibility index (Phi) is 3.73. The third-order valence-electron chi connectivity index (χ3n) is 2.10. The molecule has 0 bridgehead atoms. The van der Waals surface area contributed by atoms with Crippen LogP contribution in [0.25, 0.3) is 10.8 Å². The van der Waals surface area contributed by atoms with E-state index in [1.165, 1.54) is 0 Å². The summed E-state index contributed by atoms with van der Waals surface area (Å²) in [6, 6.07) is 5.09. The third-order valence-corrected chi connectivity index (χ3v) is 2.10. The summed E-state index contributed by atoms with van der Waals surface area (Å²) in [7, 11) is 1.70. The first-order valence-electron chi connectivity index (χ1n) is 4.15. The van der Waals surface area contributed by atoms with Crippen LogP contribution in [0, 0.1) is 0 Å². The van der Waals surface area contributed by atoms with Gasteiger partial charge in [-0.15, -0.1) is 0 Å². The molecule has 0 fully saturated rings. The molecule has 6 heteroatoms. The molecule has 74 valence electrons. The van der Waals surface area contributed by atoms with Crippen LogP contribution in [0.3, 0.4) is 0 Å². The fourth-order valence-corrected chi connectivity index (χ4v) is 1.44. The summed E-state index contributed by atoms with van der Waals surface area (Å²) in [6.07, 6.45) is 0. The molecule has 0 spiro atoms. The molecule has 0 atom stereocenters. The van der Waals surface area contributed by atoms with Gasteiger partial charge in [0.2, 0.25) is 0 Å². The molecule has 0 unspecified atom stereocenters. The molecule has 0 saturated carbocycles. The monoisotopic (exact) mass is 215 g/mol. The minimum atomic E-state index is -0.301. The smallest absolute Gasteiger partial charge is 1.00 e. The minimum Gasteiger partial charge on any atom is -1.00 e. The zero-order chi connectivity index (χ0) is 10.1. The maximum Gasteiger partial charge on any atom is 1.00 e. The molecule has 2 rings (SSSR count). The van der Waals surface area contributed by atoms with Crippen LogP contribution in [0.15, 0.2) is 27.8 Å². The van der Waals surface area contributed by atoms with E-state index < -0.39 is 0 Å². The van der Waals surface area contributed by atoms with Gasteiger partial charge in [0.15, 0.2) is 0 Å². The van der Waals surface area contributed by atoms with Crippen LogP contribution in [0.2, 0.25) is 0 Å². The molecule has 1 aromatic carbocycles. The van der Waals surface area contributed by atoms with Gasteiger partial charge in [-0.05, 0) is 12.1 Å². The number of fused-ring (bicyclic) bond motifs is 1. The van der Waals surface area contributed by atoms with E-state index in [0.29, 0.717) is 16.5 Å². The van der Waals surface area contributed by atoms with Crippen molar-refractivity contribution in [3.63, 3.8) is 0 Å². The Morgan fingerprint density at radius 3 is 2.53 bits per heavy atom. The van der Waals surface area contributed by atoms with Crippen molar-refractivity contribution >= 4 is 16.5 Å². The average molecular weight is 215 g/mol. The fraction of sp³-hybridized carbons (Fsp3) is 0.111. The maximum absolute atomic E-state index is 11.4. The molecule has 0 aliphatic rings. The number of aromatic amines is 2. The average Bonchev–Trinajstić information content (AvgIpc) is 2.23. The summed E-state index contributed by atoms with van der Waals surface area (Å²) >= 11 is 0. The number of nitrogens with one attached hydrogen (secondary N) is 3. The second-order valence-corrected chi connectivity index (χ2v) is 2.89. The number of benzene rings is 1. The normalized spacial score (nSPS) is 9.67. The molecule has 0 amide bonds. The van der Waals surface area contributed by atoms with Crippen LogP contribution in [0.1, 0.15) is 1.43 Å². The van der Waals surface area contributed by atoms with Gasteiger partial charge in [0.25, 0.3) is 11.1 Å². The number of rotatable bonds is 1. The molecule has 1 heterocycles. The van der Waals surface area contributed by atoms with E-state index in [4.69, 9.17) is 0 Å². The van der Waals surface area contributed by atoms with Crippen LogP contribution in [0.4, 0.5) is 5.69 Å². The predicted molar refractivity (Wildman–Crippen MR) is 55.8 cm³/mol. The molecule has 1 aromatic heterocycles. The number of aromatic nitrogens is 2. The van der Waals surface area contributed by atoms with Crippen LogP contribution < -0.4 is 46.0 Å². The number of hydrogen-bond acceptors (Lipinski definition) is 3. The van der Waals surface area contributed by atoms with Crippen molar-refractivity contribution in [2.24, 2.45) is 0 Å². The Bertz CT molecular complexity index is 593. The summed E-state index contributed by atoms with van der Waals surface area (Å²) in [6.45, 7) is 0. The van der Waals surface area contributed by atoms with E-state index in [1.807, 2.05) is 0 Å². The first kappa shape index (κ1) is 12.0. The molecule has 15 heavy (non-hydrogen) atoms. The van der Waals surface area contributed by atoms with Crippen LogP contribution in [-0.4, -0.2) is 17.2 Å². The predicted octanol–water partition coefficient (Wildman–Crippen LogP) is -2.63. The quantitative estimate of drug-likeness (QED) is 0.456. The van der Waals surface area contributed by atoms with Crippen molar-refractivity contribution in [3.8, 4) is 0 Å². The summed E-state index contributed by atoms with van der Waals surface area (Å²) in [4.78, 5) is 22.8. The van der Waals surface area contributed by atoms with Gasteiger partial charge in [-0.2, -0.15) is 0 Å². The first-order valence-corrected chi connectivity index (χ1v) is 4.15. The zero-order valence-corrected chi connectivity index (χ0v) is 10.5. The Hall–Kier alpha value is -1.04. The Balaban J connectivity index is 0.00000112. The van der Waals surface area contributed by atoms with E-state index in [1.54, 1.807) is 25.2 Å². The van der Waals surface area contributed by atoms with Crippen LogP contribution in [0.5, 0.6) is 0 Å². The van der Waals surface area contributed by atoms with Gasteiger partial charge in [-0.1, -0.05) is 6.07 Å². The van der Waals surface area contributed by atoms with Gasteiger partial charge in [-0.3, -0.25) is 19.8 Å². The standard InChI is InChI=1S/C9H9N3O2.Na.H/c1-10-6-4-2-3-5-7(6)9(14)12-11-8(5)13;;/h2-4,10H,1H3,(H,11,13)(H,12,14);;/q;+1;-1. The summed E-state index contributed by atoms with van der Waals surface area (Å²) in [5.41, 5.74) is 0.0519. The van der Waals surface area contributed by atoms with Gasteiger partial charge in [-0.25, -0.2) is 0 Å². The number of H-pyrrole nitrogens is 2. The molecule has 0 radical (unpaired) electrons. The Labute approximate surface area is 109 Å². The van der Waals surface area contributed by atoms with Gasteiger partial charge in [0.1, 0.15) is 0 Å². The third kappa shape index (κ3) is 1.99. The van der Waals surface area contributed by atoms with E-state index in [9.17, 15) is 9.59 Å². The molecule has 3 N–H and O–H groups in total. The van der Waals surface area contributed by atoms with Crippen molar-refractivity contribution in [1.29, 1.82) is 0 Å². The summed E-state index contributed by atoms with van der Waals surface area (Å²) in [5.74, 6) is 0. The SMILES string of the molecule is CNc1cccc2c(=O)[nH][nH]c(=O)c12.[H-].[Na+]. The molecule has 0 saturated heterocycles. The van der Waals surface area contributed by atoms with Gasteiger partial charge < -0.3 is 6.74 Å². The Morgan fingerprint density at radius 1 is 1.20 bits per heavy atom. The minimum absolute atomic E-state index is 0. The summed E-state index contributed by atoms with van der Waals surface area (Å²) < 4.78 is 0. The van der Waals surface area contributed by atoms with Crippen molar-refractivity contribution in [2.45, 2.75) is 0 Å². The van der Waals surface area contributed by atoms with Gasteiger partial charge >= 0.3 is 29.6 Å². The Morgan fingerprint density at radius 2 is 1.87 bits per heavy atom. The second-order valence-electron chi connectivity index (χ2n) is 2.89. The van der Waals surface area contributed by atoms with E-state index in [2.05, 4.69) is 15.5 Å². The molecule has 0 aliphatic heterocycles. The van der Waals surface area contributed by atoms with Gasteiger partial charge in [0.05, 0.1) is 10.8 Å². The molecule has 2 aromatic rings. The first-order chi connectivity index (χ1) is 6.74. The topological polar surface area (TPSA) is 77.8 Å².